The lowest BCUT2D eigenvalue weighted by Gasteiger charge is -2.36. The molecule has 0 radical (unpaired) electrons. The van der Waals surface area contributed by atoms with Crippen LogP contribution < -0.4 is 5.32 Å². The summed E-state index contributed by atoms with van der Waals surface area (Å²) in [5, 5.41) is 3.06. The Bertz CT molecular complexity index is 652. The molecule has 138 valence electrons. The van der Waals surface area contributed by atoms with Crippen LogP contribution in [-0.2, 0) is 4.79 Å². The van der Waals surface area contributed by atoms with Crippen LogP contribution >= 0.6 is 24.0 Å². The molecule has 1 aromatic rings. The van der Waals surface area contributed by atoms with Gasteiger partial charge in [-0.1, -0.05) is 17.7 Å². The van der Waals surface area contributed by atoms with Crippen molar-refractivity contribution in [2.24, 2.45) is 0 Å². The molecule has 0 aromatic heterocycles. The molecule has 0 saturated carbocycles. The van der Waals surface area contributed by atoms with E-state index in [1.54, 1.807) is 34.1 Å². The highest BCUT2D eigenvalue weighted by molar-refractivity contribution is 6.30. The normalized spacial score (nSPS) is 22.4. The lowest BCUT2D eigenvalue weighted by Crippen LogP contribution is -2.54. The van der Waals surface area contributed by atoms with Crippen molar-refractivity contribution in [3.63, 3.8) is 0 Å². The number of alkyl halides is 2. The van der Waals surface area contributed by atoms with Crippen LogP contribution in [0.3, 0.4) is 0 Å². The maximum Gasteiger partial charge on any atom is 0.262 e. The van der Waals surface area contributed by atoms with Gasteiger partial charge in [0.2, 0.25) is 5.91 Å². The Morgan fingerprint density at radius 2 is 1.80 bits per heavy atom. The molecule has 5 nitrogen and oxygen atoms in total. The van der Waals surface area contributed by atoms with Gasteiger partial charge in [-0.25, -0.2) is 8.78 Å². The topological polar surface area (TPSA) is 52.7 Å². The first-order valence-electron chi connectivity index (χ1n) is 7.80. The molecule has 0 aliphatic carbocycles. The quantitative estimate of drug-likeness (QED) is 0.836. The van der Waals surface area contributed by atoms with E-state index in [-0.39, 0.29) is 24.2 Å². The molecular formula is C16H19Cl2F2N3O2. The summed E-state index contributed by atoms with van der Waals surface area (Å²) in [5.74, 6) is -3.29. The zero-order chi connectivity index (χ0) is 17.3. The number of carbonyl (C=O) groups excluding carboxylic acids is 2. The van der Waals surface area contributed by atoms with E-state index in [0.717, 1.165) is 0 Å². The largest absolute Gasteiger partial charge is 0.338 e. The molecular weight excluding hydrogens is 375 g/mol. The van der Waals surface area contributed by atoms with Crippen molar-refractivity contribution in [2.45, 2.75) is 18.4 Å². The van der Waals surface area contributed by atoms with E-state index in [1.165, 1.54) is 0 Å². The van der Waals surface area contributed by atoms with Crippen LogP contribution in [0.5, 0.6) is 0 Å². The fourth-order valence-electron chi connectivity index (χ4n) is 3.04. The number of rotatable bonds is 2. The van der Waals surface area contributed by atoms with Gasteiger partial charge in [-0.3, -0.25) is 14.9 Å². The summed E-state index contributed by atoms with van der Waals surface area (Å²) in [7, 11) is 0. The highest BCUT2D eigenvalue weighted by Gasteiger charge is 2.43. The van der Waals surface area contributed by atoms with E-state index in [9.17, 15) is 18.4 Å². The molecule has 2 fully saturated rings. The van der Waals surface area contributed by atoms with Crippen molar-refractivity contribution >= 4 is 35.8 Å². The van der Waals surface area contributed by atoms with Gasteiger partial charge in [0.1, 0.15) is 0 Å². The molecule has 1 atom stereocenters. The molecule has 3 rings (SSSR count). The fraction of sp³-hybridized carbons (Fsp3) is 0.500. The monoisotopic (exact) mass is 393 g/mol. The third-order valence-corrected chi connectivity index (χ3v) is 4.59. The molecule has 2 aliphatic rings. The van der Waals surface area contributed by atoms with Gasteiger partial charge in [-0.15, -0.1) is 12.4 Å². The van der Waals surface area contributed by atoms with E-state index in [1.807, 2.05) is 0 Å². The molecule has 2 amide bonds. The van der Waals surface area contributed by atoms with Crippen molar-refractivity contribution in [1.82, 2.24) is 15.1 Å². The van der Waals surface area contributed by atoms with E-state index < -0.39 is 24.9 Å². The second-order valence-corrected chi connectivity index (χ2v) is 6.56. The molecule has 1 unspecified atom stereocenters. The maximum atomic E-state index is 13.2. The number of piperazine rings is 1. The van der Waals surface area contributed by atoms with Gasteiger partial charge in [0.15, 0.2) is 0 Å². The third-order valence-electron chi connectivity index (χ3n) is 4.36. The molecule has 9 heteroatoms. The first-order valence-corrected chi connectivity index (χ1v) is 8.18. The van der Waals surface area contributed by atoms with Crippen molar-refractivity contribution < 1.29 is 18.4 Å². The Hall–Kier alpha value is -1.44. The Morgan fingerprint density at radius 1 is 1.16 bits per heavy atom. The predicted octanol–water partition coefficient (Wildman–Crippen LogP) is 2.04. The number of amides is 2. The average Bonchev–Trinajstić information content (AvgIpc) is 2.93. The van der Waals surface area contributed by atoms with Crippen LogP contribution in [0, 0.1) is 0 Å². The second kappa shape index (κ2) is 7.85. The summed E-state index contributed by atoms with van der Waals surface area (Å²) in [6.45, 7) is 0.973. The Labute approximate surface area is 155 Å². The van der Waals surface area contributed by atoms with Crippen molar-refractivity contribution in [3.05, 3.63) is 34.9 Å². The smallest absolute Gasteiger partial charge is 0.262 e. The summed E-state index contributed by atoms with van der Waals surface area (Å²) >= 11 is 5.90. The predicted molar refractivity (Wildman–Crippen MR) is 92.5 cm³/mol. The zero-order valence-corrected chi connectivity index (χ0v) is 15.0. The van der Waals surface area contributed by atoms with Crippen LogP contribution in [0.4, 0.5) is 8.78 Å². The summed E-state index contributed by atoms with van der Waals surface area (Å²) in [5.41, 5.74) is 0.499. The Kier molecular flexibility index (Phi) is 6.24. The minimum absolute atomic E-state index is 0. The van der Waals surface area contributed by atoms with Crippen LogP contribution in [0.15, 0.2) is 24.3 Å². The number of benzene rings is 1. The van der Waals surface area contributed by atoms with Gasteiger partial charge in [0.25, 0.3) is 11.8 Å². The van der Waals surface area contributed by atoms with Crippen molar-refractivity contribution in [1.29, 1.82) is 0 Å². The van der Waals surface area contributed by atoms with E-state index >= 15 is 0 Å². The van der Waals surface area contributed by atoms with E-state index in [2.05, 4.69) is 5.32 Å². The SMILES string of the molecule is Cl.O=C(c1cccc(Cl)c1)N1CCN(C(=O)C2CC(F)(F)CN2)CC1. The van der Waals surface area contributed by atoms with Gasteiger partial charge >= 0.3 is 0 Å². The lowest BCUT2D eigenvalue weighted by atomic mass is 10.1. The summed E-state index contributed by atoms with van der Waals surface area (Å²) in [6.07, 6.45) is -0.465. The highest BCUT2D eigenvalue weighted by atomic mass is 35.5. The number of hydrogen-bond acceptors (Lipinski definition) is 3. The van der Waals surface area contributed by atoms with Gasteiger partial charge in [-0.05, 0) is 18.2 Å². The van der Waals surface area contributed by atoms with Gasteiger partial charge < -0.3 is 9.80 Å². The summed E-state index contributed by atoms with van der Waals surface area (Å²) < 4.78 is 26.4. The first kappa shape index (κ1) is 19.9. The molecule has 0 bridgehead atoms. The van der Waals surface area contributed by atoms with Gasteiger partial charge in [0.05, 0.1) is 12.6 Å². The van der Waals surface area contributed by atoms with Gasteiger partial charge in [-0.2, -0.15) is 0 Å². The fourth-order valence-corrected chi connectivity index (χ4v) is 3.23. The maximum absolute atomic E-state index is 13.2. The molecule has 0 spiro atoms. The molecule has 25 heavy (non-hydrogen) atoms. The summed E-state index contributed by atoms with van der Waals surface area (Å²) in [6, 6.07) is 5.86. The van der Waals surface area contributed by atoms with E-state index in [4.69, 9.17) is 11.6 Å². The van der Waals surface area contributed by atoms with Crippen LogP contribution in [0.1, 0.15) is 16.8 Å². The molecule has 2 saturated heterocycles. The number of nitrogens with one attached hydrogen (secondary N) is 1. The number of halogens is 4. The minimum Gasteiger partial charge on any atom is -0.338 e. The van der Waals surface area contributed by atoms with Gasteiger partial charge in [0, 0.05) is 43.2 Å². The number of hydrogen-bond donors (Lipinski definition) is 1. The van der Waals surface area contributed by atoms with E-state index in [0.29, 0.717) is 36.8 Å². The first-order chi connectivity index (χ1) is 11.4. The number of nitrogens with zero attached hydrogens (tertiary/aromatic N) is 2. The molecule has 1 aromatic carbocycles. The Morgan fingerprint density at radius 3 is 2.36 bits per heavy atom. The van der Waals surface area contributed by atoms with Crippen LogP contribution in [0.2, 0.25) is 5.02 Å². The third kappa shape index (κ3) is 4.59. The van der Waals surface area contributed by atoms with Crippen molar-refractivity contribution in [2.75, 3.05) is 32.7 Å². The van der Waals surface area contributed by atoms with Crippen molar-refractivity contribution in [3.8, 4) is 0 Å². The molecule has 2 aliphatic heterocycles. The highest BCUT2D eigenvalue weighted by Crippen LogP contribution is 2.26. The number of carbonyl (C=O) groups is 2. The standard InChI is InChI=1S/C16H18ClF2N3O2.ClH/c17-12-3-1-2-11(8-12)14(23)21-4-6-22(7-5-21)15(24)13-9-16(18,19)10-20-13;/h1-3,8,13,20H,4-7,9-10H2;1H. The Balaban J connectivity index is 0.00000225. The minimum atomic E-state index is -2.83. The van der Waals surface area contributed by atoms with Crippen LogP contribution in [-0.4, -0.2) is 66.3 Å². The molecule has 1 N–H and O–H groups in total. The second-order valence-electron chi connectivity index (χ2n) is 6.12. The zero-order valence-electron chi connectivity index (χ0n) is 13.4. The lowest BCUT2D eigenvalue weighted by molar-refractivity contribution is -0.135. The average molecular weight is 394 g/mol. The summed E-state index contributed by atoms with van der Waals surface area (Å²) in [4.78, 5) is 27.9. The van der Waals surface area contributed by atoms with Crippen LogP contribution in [0.25, 0.3) is 0 Å². The molecule has 2 heterocycles.